The first-order chi connectivity index (χ1) is 11.2. The van der Waals surface area contributed by atoms with Gasteiger partial charge in [-0.2, -0.15) is 0 Å². The molecule has 0 spiro atoms. The maximum Gasteiger partial charge on any atom is 0.337 e. The molecule has 0 aromatic heterocycles. The molecule has 0 fully saturated rings. The lowest BCUT2D eigenvalue weighted by Crippen LogP contribution is -2.11. The lowest BCUT2D eigenvalue weighted by atomic mass is 9.93. The minimum absolute atomic E-state index is 0. The van der Waals surface area contributed by atoms with Crippen LogP contribution in [0, 0.1) is 0 Å². The van der Waals surface area contributed by atoms with Crippen molar-refractivity contribution in [3.8, 4) is 11.1 Å². The fourth-order valence-electron chi connectivity index (χ4n) is 2.28. The minimum Gasteiger partial charge on any atom is -0.478 e. The summed E-state index contributed by atoms with van der Waals surface area (Å²) in [6.07, 6.45) is 0. The third-order valence-corrected chi connectivity index (χ3v) is 3.30. The smallest absolute Gasteiger partial charge is 0.337 e. The second-order valence-corrected chi connectivity index (χ2v) is 4.71. The van der Waals surface area contributed by atoms with Gasteiger partial charge in [-0.25, -0.2) is 19.2 Å². The molecule has 6 N–H and O–H groups in total. The van der Waals surface area contributed by atoms with Gasteiger partial charge in [0, 0.05) is 0 Å². The summed E-state index contributed by atoms with van der Waals surface area (Å²) in [6.45, 7) is 0. The predicted molar refractivity (Wildman–Crippen MR) is 83.3 cm³/mol. The highest BCUT2D eigenvalue weighted by atomic mass is 16.4. The molecule has 0 amide bonds. The summed E-state index contributed by atoms with van der Waals surface area (Å²) in [7, 11) is 0. The molecule has 9 nitrogen and oxygen atoms in total. The maximum atomic E-state index is 11.4. The average molecular weight is 348 g/mol. The number of carbonyl (C=O) groups is 4. The van der Waals surface area contributed by atoms with E-state index in [1.807, 2.05) is 0 Å². The van der Waals surface area contributed by atoms with E-state index in [2.05, 4.69) is 0 Å². The minimum atomic E-state index is -1.50. The number of hydrogen-bond acceptors (Lipinski definition) is 4. The molecule has 0 saturated heterocycles. The Balaban J connectivity index is 0.00000312. The van der Waals surface area contributed by atoms with Crippen LogP contribution < -0.4 is 0 Å². The average Bonchev–Trinajstić information content (AvgIpc) is 2.53. The molecule has 9 heteroatoms. The van der Waals surface area contributed by atoms with E-state index in [1.54, 1.807) is 0 Å². The van der Waals surface area contributed by atoms with Crippen LogP contribution in [0.15, 0.2) is 36.4 Å². The van der Waals surface area contributed by atoms with Crippen molar-refractivity contribution in [1.29, 1.82) is 0 Å². The second kappa shape index (κ2) is 7.23. The number of rotatable bonds is 5. The highest BCUT2D eigenvalue weighted by Crippen LogP contribution is 2.28. The molecule has 0 heterocycles. The number of carboxylic acids is 4. The summed E-state index contributed by atoms with van der Waals surface area (Å²) in [5, 5.41) is 36.5. The summed E-state index contributed by atoms with van der Waals surface area (Å²) < 4.78 is 0. The highest BCUT2D eigenvalue weighted by Gasteiger charge is 2.23. The maximum absolute atomic E-state index is 11.4. The van der Waals surface area contributed by atoms with Crippen molar-refractivity contribution in [1.82, 2.24) is 0 Å². The number of carboxylic acid groups (broad SMARTS) is 4. The van der Waals surface area contributed by atoms with Gasteiger partial charge in [0.15, 0.2) is 0 Å². The van der Waals surface area contributed by atoms with Crippen LogP contribution in [0.3, 0.4) is 0 Å². The zero-order chi connectivity index (χ0) is 18.0. The molecule has 130 valence electrons. The quantitative estimate of drug-likeness (QED) is 0.624. The zero-order valence-corrected chi connectivity index (χ0v) is 12.4. The van der Waals surface area contributed by atoms with Crippen molar-refractivity contribution in [2.24, 2.45) is 0 Å². The van der Waals surface area contributed by atoms with Gasteiger partial charge in [-0.1, -0.05) is 18.2 Å². The van der Waals surface area contributed by atoms with Crippen molar-refractivity contribution in [2.45, 2.75) is 0 Å². The summed E-state index contributed by atoms with van der Waals surface area (Å²) in [5.41, 5.74) is -1.90. The van der Waals surface area contributed by atoms with E-state index in [4.69, 9.17) is 15.3 Å². The Morgan fingerprint density at radius 1 is 0.640 bits per heavy atom. The standard InChI is InChI=1S/C16H10O8.H2O/c17-13(18)9-5-4-7(6-11(9)15(21)22)8-2-1-3-10(14(19)20)12(8)16(23)24;/h1-6H,(H,17,18)(H,19,20)(H,21,22)(H,23,24);1H2. The fraction of sp³-hybridized carbons (Fsp3) is 0. The number of benzene rings is 2. The zero-order valence-electron chi connectivity index (χ0n) is 12.4. The molecular weight excluding hydrogens is 336 g/mol. The molecule has 0 aliphatic heterocycles. The van der Waals surface area contributed by atoms with Gasteiger partial charge in [-0.15, -0.1) is 0 Å². The fourth-order valence-corrected chi connectivity index (χ4v) is 2.28. The van der Waals surface area contributed by atoms with Crippen LogP contribution in [0.2, 0.25) is 0 Å². The van der Waals surface area contributed by atoms with Crippen LogP contribution in [0.1, 0.15) is 41.4 Å². The Bertz CT molecular complexity index is 883. The SMILES string of the molecule is O.O=C(O)c1ccc(-c2cccc(C(=O)O)c2C(=O)O)cc1C(=O)O. The summed E-state index contributed by atoms with van der Waals surface area (Å²) in [6, 6.07) is 7.00. The molecule has 2 aromatic rings. The first-order valence-corrected chi connectivity index (χ1v) is 6.44. The first kappa shape index (κ1) is 19.3. The summed E-state index contributed by atoms with van der Waals surface area (Å²) in [4.78, 5) is 44.9. The lowest BCUT2D eigenvalue weighted by molar-refractivity contribution is 0.0651. The van der Waals surface area contributed by atoms with Gasteiger partial charge in [-0.3, -0.25) is 0 Å². The molecule has 25 heavy (non-hydrogen) atoms. The monoisotopic (exact) mass is 348 g/mol. The van der Waals surface area contributed by atoms with Gasteiger partial charge >= 0.3 is 23.9 Å². The van der Waals surface area contributed by atoms with E-state index in [1.165, 1.54) is 18.2 Å². The van der Waals surface area contributed by atoms with Crippen LogP contribution in [-0.4, -0.2) is 49.8 Å². The molecule has 0 radical (unpaired) electrons. The first-order valence-electron chi connectivity index (χ1n) is 6.44. The predicted octanol–water partition coefficient (Wildman–Crippen LogP) is 1.32. The van der Waals surface area contributed by atoms with E-state index in [9.17, 15) is 24.3 Å². The number of hydrogen-bond donors (Lipinski definition) is 4. The molecule has 0 aliphatic rings. The lowest BCUT2D eigenvalue weighted by Gasteiger charge is -2.11. The molecule has 0 bridgehead atoms. The van der Waals surface area contributed by atoms with Crippen molar-refractivity contribution in [3.05, 3.63) is 58.7 Å². The van der Waals surface area contributed by atoms with Gasteiger partial charge in [0.2, 0.25) is 0 Å². The molecule has 2 aromatic carbocycles. The van der Waals surface area contributed by atoms with E-state index >= 15 is 0 Å². The molecule has 0 atom stereocenters. The van der Waals surface area contributed by atoms with Gasteiger partial charge < -0.3 is 25.9 Å². The Hall–Kier alpha value is -3.72. The van der Waals surface area contributed by atoms with E-state index in [0.717, 1.165) is 18.2 Å². The molecule has 0 aliphatic carbocycles. The Kier molecular flexibility index (Phi) is 5.59. The summed E-state index contributed by atoms with van der Waals surface area (Å²) in [5.74, 6) is -5.89. The van der Waals surface area contributed by atoms with E-state index in [0.29, 0.717) is 0 Å². The van der Waals surface area contributed by atoms with Crippen molar-refractivity contribution in [3.63, 3.8) is 0 Å². The Morgan fingerprint density at radius 2 is 1.20 bits per heavy atom. The van der Waals surface area contributed by atoms with Crippen LogP contribution >= 0.6 is 0 Å². The molecule has 0 unspecified atom stereocenters. The van der Waals surface area contributed by atoms with Crippen LogP contribution in [0.5, 0.6) is 0 Å². The topological polar surface area (TPSA) is 181 Å². The van der Waals surface area contributed by atoms with Crippen LogP contribution in [-0.2, 0) is 0 Å². The normalized spacial score (nSPS) is 9.76. The van der Waals surface area contributed by atoms with Crippen LogP contribution in [0.4, 0.5) is 0 Å². The summed E-state index contributed by atoms with van der Waals surface area (Å²) >= 11 is 0. The van der Waals surface area contributed by atoms with Gasteiger partial charge in [0.25, 0.3) is 0 Å². The largest absolute Gasteiger partial charge is 0.478 e. The molecule has 0 saturated carbocycles. The molecular formula is C16H12O9. The van der Waals surface area contributed by atoms with Gasteiger partial charge in [0.1, 0.15) is 0 Å². The van der Waals surface area contributed by atoms with Crippen LogP contribution in [0.25, 0.3) is 11.1 Å². The van der Waals surface area contributed by atoms with Gasteiger partial charge in [0.05, 0.1) is 22.3 Å². The van der Waals surface area contributed by atoms with E-state index < -0.39 is 46.1 Å². The Labute approximate surface area is 139 Å². The van der Waals surface area contributed by atoms with Crippen molar-refractivity contribution in [2.75, 3.05) is 0 Å². The van der Waals surface area contributed by atoms with E-state index in [-0.39, 0.29) is 16.6 Å². The van der Waals surface area contributed by atoms with Crippen molar-refractivity contribution < 1.29 is 45.1 Å². The Morgan fingerprint density at radius 3 is 1.68 bits per heavy atom. The molecule has 2 rings (SSSR count). The second-order valence-electron chi connectivity index (χ2n) is 4.71. The third-order valence-electron chi connectivity index (χ3n) is 3.30. The highest BCUT2D eigenvalue weighted by molar-refractivity contribution is 6.08. The van der Waals surface area contributed by atoms with Gasteiger partial charge in [-0.05, 0) is 29.3 Å². The van der Waals surface area contributed by atoms with Crippen molar-refractivity contribution >= 4 is 23.9 Å². The third kappa shape index (κ3) is 3.62. The number of aromatic carboxylic acids is 4.